The van der Waals surface area contributed by atoms with Gasteiger partial charge in [-0.1, -0.05) is 11.8 Å². The standard InChI is InChI=1S/C12H11N5OS2/c13-9-3-10(14)17-12(16-9)20-6-8-5-19-11(15-8)7-1-2-18-4-7/h1-5H,6H2,(H4,13,14,16,17). The third-order valence-electron chi connectivity index (χ3n) is 2.41. The first-order valence-electron chi connectivity index (χ1n) is 5.70. The zero-order valence-corrected chi connectivity index (χ0v) is 11.9. The number of nitrogens with two attached hydrogens (primary N) is 2. The second kappa shape index (κ2) is 5.51. The number of thioether (sulfide) groups is 1. The van der Waals surface area contributed by atoms with Gasteiger partial charge in [0, 0.05) is 22.8 Å². The minimum atomic E-state index is 0.373. The average Bonchev–Trinajstić information content (AvgIpc) is 3.06. The van der Waals surface area contributed by atoms with E-state index < -0.39 is 0 Å². The molecule has 0 aliphatic heterocycles. The second-order valence-corrected chi connectivity index (χ2v) is 5.75. The summed E-state index contributed by atoms with van der Waals surface area (Å²) in [5.74, 6) is 1.41. The molecule has 0 amide bonds. The first-order chi connectivity index (χ1) is 9.70. The molecular formula is C12H11N5OS2. The highest BCUT2D eigenvalue weighted by Gasteiger charge is 2.08. The van der Waals surface area contributed by atoms with Crippen LogP contribution in [-0.2, 0) is 5.75 Å². The Morgan fingerprint density at radius 1 is 1.20 bits per heavy atom. The summed E-state index contributed by atoms with van der Waals surface area (Å²) in [6.45, 7) is 0. The molecule has 0 saturated carbocycles. The van der Waals surface area contributed by atoms with E-state index in [0.29, 0.717) is 22.5 Å². The van der Waals surface area contributed by atoms with Crippen LogP contribution in [0.4, 0.5) is 11.6 Å². The predicted molar refractivity (Wildman–Crippen MR) is 80.2 cm³/mol. The van der Waals surface area contributed by atoms with Crippen LogP contribution in [-0.4, -0.2) is 15.0 Å². The van der Waals surface area contributed by atoms with Crippen molar-refractivity contribution in [2.24, 2.45) is 0 Å². The van der Waals surface area contributed by atoms with Crippen LogP contribution in [0, 0.1) is 0 Å². The van der Waals surface area contributed by atoms with Crippen molar-refractivity contribution in [3.63, 3.8) is 0 Å². The maximum Gasteiger partial charge on any atom is 0.191 e. The normalized spacial score (nSPS) is 10.8. The fourth-order valence-electron chi connectivity index (χ4n) is 1.56. The molecule has 0 spiro atoms. The van der Waals surface area contributed by atoms with Crippen LogP contribution in [0.15, 0.2) is 39.6 Å². The maximum absolute atomic E-state index is 5.63. The number of nitrogen functional groups attached to an aromatic ring is 2. The van der Waals surface area contributed by atoms with Gasteiger partial charge < -0.3 is 15.9 Å². The summed E-state index contributed by atoms with van der Waals surface area (Å²) < 4.78 is 5.05. The Bertz CT molecular complexity index is 690. The Morgan fingerprint density at radius 3 is 2.70 bits per heavy atom. The van der Waals surface area contributed by atoms with Gasteiger partial charge in [0.2, 0.25) is 0 Å². The van der Waals surface area contributed by atoms with Crippen LogP contribution in [0.25, 0.3) is 10.6 Å². The number of hydrogen-bond donors (Lipinski definition) is 2. The molecule has 4 N–H and O–H groups in total. The summed E-state index contributed by atoms with van der Waals surface area (Å²) in [6.07, 6.45) is 3.31. The molecule has 0 aromatic carbocycles. The second-order valence-electron chi connectivity index (χ2n) is 3.94. The molecule has 0 radical (unpaired) electrons. The van der Waals surface area contributed by atoms with Gasteiger partial charge >= 0.3 is 0 Å². The third kappa shape index (κ3) is 2.91. The molecule has 3 aromatic rings. The number of anilines is 2. The van der Waals surface area contributed by atoms with Gasteiger partial charge in [0.1, 0.15) is 22.9 Å². The van der Waals surface area contributed by atoms with Crippen LogP contribution in [0.1, 0.15) is 5.69 Å². The Hall–Kier alpha value is -2.06. The summed E-state index contributed by atoms with van der Waals surface area (Å²) in [4.78, 5) is 12.8. The van der Waals surface area contributed by atoms with Crippen LogP contribution < -0.4 is 11.5 Å². The number of thiazole rings is 1. The van der Waals surface area contributed by atoms with Crippen LogP contribution in [0.5, 0.6) is 0 Å². The Morgan fingerprint density at radius 2 is 2.00 bits per heavy atom. The largest absolute Gasteiger partial charge is 0.472 e. The minimum absolute atomic E-state index is 0.373. The maximum atomic E-state index is 5.63. The van der Waals surface area contributed by atoms with Gasteiger partial charge in [0.05, 0.1) is 12.0 Å². The van der Waals surface area contributed by atoms with Crippen molar-refractivity contribution in [3.8, 4) is 10.6 Å². The molecule has 0 aliphatic carbocycles. The zero-order chi connectivity index (χ0) is 13.9. The lowest BCUT2D eigenvalue weighted by atomic mass is 10.4. The molecular weight excluding hydrogens is 294 g/mol. The van der Waals surface area contributed by atoms with Crippen molar-refractivity contribution in [1.82, 2.24) is 15.0 Å². The number of furan rings is 1. The van der Waals surface area contributed by atoms with Crippen molar-refractivity contribution in [3.05, 3.63) is 35.7 Å². The molecule has 0 unspecified atom stereocenters. The van der Waals surface area contributed by atoms with E-state index in [4.69, 9.17) is 15.9 Å². The van der Waals surface area contributed by atoms with E-state index in [1.807, 2.05) is 11.4 Å². The number of aromatic nitrogens is 3. The average molecular weight is 305 g/mol. The van der Waals surface area contributed by atoms with E-state index in [9.17, 15) is 0 Å². The van der Waals surface area contributed by atoms with Crippen molar-refractivity contribution < 1.29 is 4.42 Å². The van der Waals surface area contributed by atoms with E-state index in [1.165, 1.54) is 17.8 Å². The van der Waals surface area contributed by atoms with E-state index in [1.54, 1.807) is 23.9 Å². The van der Waals surface area contributed by atoms with E-state index in [0.717, 1.165) is 16.3 Å². The molecule has 0 fully saturated rings. The van der Waals surface area contributed by atoms with Crippen LogP contribution in [0.2, 0.25) is 0 Å². The minimum Gasteiger partial charge on any atom is -0.472 e. The van der Waals surface area contributed by atoms with Crippen molar-refractivity contribution in [1.29, 1.82) is 0 Å². The zero-order valence-electron chi connectivity index (χ0n) is 10.3. The highest BCUT2D eigenvalue weighted by atomic mass is 32.2. The quantitative estimate of drug-likeness (QED) is 0.564. The highest BCUT2D eigenvalue weighted by Crippen LogP contribution is 2.27. The SMILES string of the molecule is Nc1cc(N)nc(SCc2csc(-c3ccoc3)n2)n1. The van der Waals surface area contributed by atoms with Crippen molar-refractivity contribution in [2.75, 3.05) is 11.5 Å². The molecule has 8 heteroatoms. The van der Waals surface area contributed by atoms with Gasteiger partial charge in [-0.05, 0) is 6.07 Å². The topological polar surface area (TPSA) is 104 Å². The first kappa shape index (κ1) is 12.9. The number of nitrogens with zero attached hydrogens (tertiary/aromatic N) is 3. The lowest BCUT2D eigenvalue weighted by molar-refractivity contribution is 0.568. The van der Waals surface area contributed by atoms with Crippen LogP contribution >= 0.6 is 23.1 Å². The molecule has 3 rings (SSSR count). The van der Waals surface area contributed by atoms with E-state index in [2.05, 4.69) is 15.0 Å². The van der Waals surface area contributed by atoms with Crippen molar-refractivity contribution in [2.45, 2.75) is 10.9 Å². The summed E-state index contributed by atoms with van der Waals surface area (Å²) in [5, 5.41) is 3.49. The van der Waals surface area contributed by atoms with Crippen molar-refractivity contribution >= 4 is 34.7 Å². The Kier molecular flexibility index (Phi) is 3.57. The fraction of sp³-hybridized carbons (Fsp3) is 0.0833. The monoisotopic (exact) mass is 305 g/mol. The number of rotatable bonds is 4. The lowest BCUT2D eigenvalue weighted by Gasteiger charge is -2.00. The van der Waals surface area contributed by atoms with Gasteiger partial charge in [-0.25, -0.2) is 15.0 Å². The molecule has 3 heterocycles. The van der Waals surface area contributed by atoms with Gasteiger partial charge in [0.15, 0.2) is 5.16 Å². The van der Waals surface area contributed by atoms with Gasteiger partial charge in [0.25, 0.3) is 0 Å². The molecule has 0 aliphatic rings. The van der Waals surface area contributed by atoms with Crippen LogP contribution in [0.3, 0.4) is 0 Å². The lowest BCUT2D eigenvalue weighted by Crippen LogP contribution is -1.99. The summed E-state index contributed by atoms with van der Waals surface area (Å²) in [7, 11) is 0. The molecule has 0 bridgehead atoms. The molecule has 3 aromatic heterocycles. The summed E-state index contributed by atoms with van der Waals surface area (Å²) >= 11 is 3.03. The fourth-order valence-corrected chi connectivity index (χ4v) is 3.23. The number of hydrogen-bond acceptors (Lipinski definition) is 8. The van der Waals surface area contributed by atoms with Gasteiger partial charge in [-0.15, -0.1) is 11.3 Å². The van der Waals surface area contributed by atoms with Gasteiger partial charge in [-0.3, -0.25) is 0 Å². The molecule has 20 heavy (non-hydrogen) atoms. The summed E-state index contributed by atoms with van der Waals surface area (Å²) in [5.41, 5.74) is 13.2. The first-order valence-corrected chi connectivity index (χ1v) is 7.57. The molecule has 6 nitrogen and oxygen atoms in total. The molecule has 0 atom stereocenters. The Balaban J connectivity index is 1.69. The third-order valence-corrected chi connectivity index (χ3v) is 4.24. The van der Waals surface area contributed by atoms with Gasteiger partial charge in [-0.2, -0.15) is 0 Å². The van der Waals surface area contributed by atoms with E-state index >= 15 is 0 Å². The smallest absolute Gasteiger partial charge is 0.191 e. The molecule has 102 valence electrons. The van der Waals surface area contributed by atoms with E-state index in [-0.39, 0.29) is 0 Å². The summed E-state index contributed by atoms with van der Waals surface area (Å²) in [6, 6.07) is 3.42. The Labute approximate surface area is 123 Å². The molecule has 0 saturated heterocycles. The highest BCUT2D eigenvalue weighted by molar-refractivity contribution is 7.98. The predicted octanol–water partition coefficient (Wildman–Crippen LogP) is 2.65.